The van der Waals surface area contributed by atoms with E-state index in [-0.39, 0.29) is 6.04 Å². The Morgan fingerprint density at radius 1 is 1.00 bits per heavy atom. The van der Waals surface area contributed by atoms with E-state index in [1.807, 2.05) is 37.5 Å². The van der Waals surface area contributed by atoms with Crippen molar-refractivity contribution < 1.29 is 9.47 Å². The summed E-state index contributed by atoms with van der Waals surface area (Å²) in [6.45, 7) is 11.9. The quantitative estimate of drug-likeness (QED) is 0.466. The topological polar surface area (TPSA) is 72.4 Å². The Kier molecular flexibility index (Phi) is 8.39. The van der Waals surface area contributed by atoms with Gasteiger partial charge in [0, 0.05) is 24.5 Å². The normalized spacial score (nSPS) is 11.9. The number of aryl methyl sites for hydroxylation is 1. The number of anilines is 1. The minimum absolute atomic E-state index is 0.0584. The third-order valence-electron chi connectivity index (χ3n) is 5.41. The molecule has 7 nitrogen and oxygen atoms in total. The fourth-order valence-corrected chi connectivity index (χ4v) is 3.47. The number of ether oxygens (including phenoxy) is 2. The van der Waals surface area contributed by atoms with Crippen LogP contribution in [-0.4, -0.2) is 53.2 Å². The van der Waals surface area contributed by atoms with Crippen molar-refractivity contribution in [2.24, 2.45) is 0 Å². The molecule has 0 aliphatic carbocycles. The molecule has 0 radical (unpaired) electrons. The average molecular weight is 436 g/mol. The lowest BCUT2D eigenvalue weighted by Gasteiger charge is -2.19. The molecule has 0 amide bonds. The number of nitrogens with one attached hydrogen (secondary N) is 1. The highest BCUT2D eigenvalue weighted by molar-refractivity contribution is 5.64. The lowest BCUT2D eigenvalue weighted by molar-refractivity contribution is 0.217. The Hall–Kier alpha value is -3.19. The number of benzene rings is 1. The highest BCUT2D eigenvalue weighted by Gasteiger charge is 2.12. The SMILES string of the molecule is CCN(CC)CCOc1ccc(-c2cncc(NC(C)c3cncc(C)c3)n2)cc1OC. The Labute approximate surface area is 190 Å². The van der Waals surface area contributed by atoms with Crippen molar-refractivity contribution >= 4 is 5.82 Å². The van der Waals surface area contributed by atoms with E-state index in [1.54, 1.807) is 19.5 Å². The number of pyridine rings is 1. The van der Waals surface area contributed by atoms with E-state index in [0.29, 0.717) is 18.2 Å². The molecule has 0 aliphatic heterocycles. The zero-order chi connectivity index (χ0) is 22.9. The molecule has 1 atom stereocenters. The Balaban J connectivity index is 1.72. The van der Waals surface area contributed by atoms with Crippen LogP contribution in [0.15, 0.2) is 49.1 Å². The minimum atomic E-state index is 0.0584. The maximum absolute atomic E-state index is 5.97. The van der Waals surface area contributed by atoms with Gasteiger partial charge in [-0.05, 0) is 56.3 Å². The second-order valence-corrected chi connectivity index (χ2v) is 7.69. The summed E-state index contributed by atoms with van der Waals surface area (Å²) in [7, 11) is 1.65. The lowest BCUT2D eigenvalue weighted by atomic mass is 10.1. The van der Waals surface area contributed by atoms with Gasteiger partial charge in [0.15, 0.2) is 11.5 Å². The van der Waals surface area contributed by atoms with Crippen LogP contribution in [0.4, 0.5) is 5.82 Å². The number of hydrogen-bond donors (Lipinski definition) is 1. The van der Waals surface area contributed by atoms with Gasteiger partial charge in [0.25, 0.3) is 0 Å². The summed E-state index contributed by atoms with van der Waals surface area (Å²) in [5.74, 6) is 2.11. The summed E-state index contributed by atoms with van der Waals surface area (Å²) in [4.78, 5) is 15.7. The molecule has 0 fully saturated rings. The van der Waals surface area contributed by atoms with Crippen molar-refractivity contribution in [2.75, 3.05) is 38.7 Å². The molecule has 1 aromatic carbocycles. The first-order chi connectivity index (χ1) is 15.5. The van der Waals surface area contributed by atoms with Crippen molar-refractivity contribution in [2.45, 2.75) is 33.7 Å². The second-order valence-electron chi connectivity index (χ2n) is 7.69. The molecule has 7 heteroatoms. The molecule has 32 heavy (non-hydrogen) atoms. The van der Waals surface area contributed by atoms with E-state index in [4.69, 9.17) is 14.5 Å². The van der Waals surface area contributed by atoms with E-state index < -0.39 is 0 Å². The highest BCUT2D eigenvalue weighted by Crippen LogP contribution is 2.32. The molecule has 0 aliphatic rings. The molecule has 1 unspecified atom stereocenters. The number of nitrogens with zero attached hydrogens (tertiary/aromatic N) is 4. The first-order valence-corrected chi connectivity index (χ1v) is 11.1. The van der Waals surface area contributed by atoms with Crippen molar-refractivity contribution in [3.05, 3.63) is 60.2 Å². The van der Waals surface area contributed by atoms with Crippen LogP contribution in [0.5, 0.6) is 11.5 Å². The number of methoxy groups -OCH3 is 1. The molecule has 3 aromatic rings. The largest absolute Gasteiger partial charge is 0.493 e. The van der Waals surface area contributed by atoms with Crippen molar-refractivity contribution in [3.8, 4) is 22.8 Å². The molecule has 0 bridgehead atoms. The summed E-state index contributed by atoms with van der Waals surface area (Å²) < 4.78 is 11.5. The third-order valence-corrected chi connectivity index (χ3v) is 5.41. The summed E-state index contributed by atoms with van der Waals surface area (Å²) in [5, 5.41) is 3.41. The first-order valence-electron chi connectivity index (χ1n) is 11.1. The van der Waals surface area contributed by atoms with Gasteiger partial charge in [0.2, 0.25) is 0 Å². The van der Waals surface area contributed by atoms with Crippen LogP contribution in [0.2, 0.25) is 0 Å². The van der Waals surface area contributed by atoms with E-state index in [2.05, 4.69) is 47.0 Å². The van der Waals surface area contributed by atoms with Gasteiger partial charge < -0.3 is 19.7 Å². The molecule has 0 saturated heterocycles. The zero-order valence-corrected chi connectivity index (χ0v) is 19.6. The molecular weight excluding hydrogens is 402 g/mol. The summed E-state index contributed by atoms with van der Waals surface area (Å²) in [6, 6.07) is 8.03. The van der Waals surface area contributed by atoms with Crippen LogP contribution in [-0.2, 0) is 0 Å². The van der Waals surface area contributed by atoms with Gasteiger partial charge in [-0.3, -0.25) is 9.97 Å². The van der Waals surface area contributed by atoms with Crippen LogP contribution in [0, 0.1) is 6.92 Å². The maximum Gasteiger partial charge on any atom is 0.161 e. The monoisotopic (exact) mass is 435 g/mol. The van der Waals surface area contributed by atoms with Crippen LogP contribution in [0.3, 0.4) is 0 Å². The van der Waals surface area contributed by atoms with E-state index in [0.717, 1.165) is 47.8 Å². The Morgan fingerprint density at radius 3 is 2.50 bits per heavy atom. The standard InChI is InChI=1S/C25H33N5O2/c1-6-30(7-2)10-11-32-23-9-8-20(13-24(23)31-5)22-16-27-17-25(29-22)28-19(4)21-12-18(3)14-26-15-21/h8-9,12-17,19H,6-7,10-11H2,1-5H3,(H,28,29). The fraction of sp³-hybridized carbons (Fsp3) is 0.400. The van der Waals surface area contributed by atoms with Crippen molar-refractivity contribution in [3.63, 3.8) is 0 Å². The second kappa shape index (κ2) is 11.4. The van der Waals surface area contributed by atoms with Gasteiger partial charge in [-0.25, -0.2) is 4.98 Å². The molecule has 2 heterocycles. The van der Waals surface area contributed by atoms with Gasteiger partial charge in [0.05, 0.1) is 31.2 Å². The zero-order valence-electron chi connectivity index (χ0n) is 19.6. The fourth-order valence-electron chi connectivity index (χ4n) is 3.47. The first kappa shape index (κ1) is 23.5. The van der Waals surface area contributed by atoms with Gasteiger partial charge in [-0.1, -0.05) is 19.9 Å². The molecule has 170 valence electrons. The molecule has 3 rings (SSSR count). The van der Waals surface area contributed by atoms with Gasteiger partial charge in [-0.15, -0.1) is 0 Å². The molecular formula is C25H33N5O2. The van der Waals surface area contributed by atoms with Gasteiger partial charge >= 0.3 is 0 Å². The Morgan fingerprint density at radius 2 is 1.78 bits per heavy atom. The smallest absolute Gasteiger partial charge is 0.161 e. The number of rotatable bonds is 11. The van der Waals surface area contributed by atoms with Gasteiger partial charge in [0.1, 0.15) is 12.4 Å². The predicted molar refractivity (Wildman–Crippen MR) is 128 cm³/mol. The van der Waals surface area contributed by atoms with Crippen molar-refractivity contribution in [1.29, 1.82) is 0 Å². The number of aromatic nitrogens is 3. The number of hydrogen-bond acceptors (Lipinski definition) is 7. The molecule has 0 saturated carbocycles. The summed E-state index contributed by atoms with van der Waals surface area (Å²) in [6.07, 6.45) is 7.19. The van der Waals surface area contributed by atoms with Crippen molar-refractivity contribution in [1.82, 2.24) is 19.9 Å². The van der Waals surface area contributed by atoms with Gasteiger partial charge in [-0.2, -0.15) is 0 Å². The summed E-state index contributed by atoms with van der Waals surface area (Å²) in [5.41, 5.74) is 3.91. The van der Waals surface area contributed by atoms with Crippen LogP contribution in [0.1, 0.15) is 37.9 Å². The van der Waals surface area contributed by atoms with E-state index in [1.165, 1.54) is 0 Å². The Bertz CT molecular complexity index is 1010. The molecule has 2 aromatic heterocycles. The third kappa shape index (κ3) is 6.17. The highest BCUT2D eigenvalue weighted by atomic mass is 16.5. The summed E-state index contributed by atoms with van der Waals surface area (Å²) >= 11 is 0. The molecule has 1 N–H and O–H groups in total. The van der Waals surface area contributed by atoms with Crippen LogP contribution in [0.25, 0.3) is 11.3 Å². The predicted octanol–water partition coefficient (Wildman–Crippen LogP) is 4.75. The minimum Gasteiger partial charge on any atom is -0.493 e. The maximum atomic E-state index is 5.97. The number of likely N-dealkylation sites (N-methyl/N-ethyl adjacent to an activating group) is 1. The van der Waals surface area contributed by atoms with E-state index in [9.17, 15) is 0 Å². The molecule has 0 spiro atoms. The average Bonchev–Trinajstić information content (AvgIpc) is 2.82. The lowest BCUT2D eigenvalue weighted by Crippen LogP contribution is -2.27. The van der Waals surface area contributed by atoms with Crippen LogP contribution >= 0.6 is 0 Å². The van der Waals surface area contributed by atoms with E-state index >= 15 is 0 Å². The van der Waals surface area contributed by atoms with Crippen LogP contribution < -0.4 is 14.8 Å².